The van der Waals surface area contributed by atoms with Gasteiger partial charge in [0, 0.05) is 19.7 Å². The van der Waals surface area contributed by atoms with Crippen LogP contribution in [-0.4, -0.2) is 54.5 Å². The van der Waals surface area contributed by atoms with Crippen molar-refractivity contribution >= 4 is 6.09 Å². The van der Waals surface area contributed by atoms with Crippen LogP contribution < -0.4 is 5.32 Å². The molecule has 23 heavy (non-hydrogen) atoms. The number of hydrogen-bond donors (Lipinski definition) is 2. The first-order valence-electron chi connectivity index (χ1n) is 9.08. The Labute approximate surface area is 141 Å². The number of nitrogens with zero attached hydrogens (tertiary/aromatic N) is 1. The van der Waals surface area contributed by atoms with Crippen molar-refractivity contribution in [2.45, 2.75) is 59.5 Å². The number of likely N-dealkylation sites (tertiary alicyclic amines) is 1. The van der Waals surface area contributed by atoms with E-state index in [1.807, 2.05) is 25.7 Å². The molecule has 0 aromatic rings. The molecule has 1 aliphatic rings. The number of rotatable bonds is 7. The molecule has 3 atom stereocenters. The van der Waals surface area contributed by atoms with Gasteiger partial charge in [0.15, 0.2) is 0 Å². The number of aliphatic hydroxyl groups excluding tert-OH is 1. The van der Waals surface area contributed by atoms with Gasteiger partial charge in [0.25, 0.3) is 0 Å². The molecule has 0 radical (unpaired) electrons. The molecule has 1 rings (SSSR count). The average Bonchev–Trinajstić information content (AvgIpc) is 2.46. The van der Waals surface area contributed by atoms with Crippen molar-refractivity contribution in [2.75, 3.05) is 32.8 Å². The average molecular weight is 328 g/mol. The van der Waals surface area contributed by atoms with Gasteiger partial charge in [-0.2, -0.15) is 0 Å². The SMILES string of the molecule is CCCNCCC(CO)C1CCN(C(=O)OC(C)(C)C)CC1C. The largest absolute Gasteiger partial charge is 0.444 e. The second-order valence-corrected chi connectivity index (χ2v) is 7.84. The lowest BCUT2D eigenvalue weighted by molar-refractivity contribution is 0.00272. The molecule has 136 valence electrons. The van der Waals surface area contributed by atoms with Crippen molar-refractivity contribution in [2.24, 2.45) is 17.8 Å². The van der Waals surface area contributed by atoms with Crippen LogP contribution in [0.1, 0.15) is 53.9 Å². The van der Waals surface area contributed by atoms with E-state index in [0.29, 0.717) is 17.8 Å². The quantitative estimate of drug-likeness (QED) is 0.706. The lowest BCUT2D eigenvalue weighted by Gasteiger charge is -2.40. The normalized spacial score (nSPS) is 23.7. The molecule has 1 heterocycles. The Hall–Kier alpha value is -0.810. The molecule has 0 aromatic heterocycles. The highest BCUT2D eigenvalue weighted by Crippen LogP contribution is 2.32. The molecule has 5 heteroatoms. The Kier molecular flexibility index (Phi) is 8.34. The van der Waals surface area contributed by atoms with Crippen LogP contribution in [0.3, 0.4) is 0 Å². The number of carbonyl (C=O) groups excluding carboxylic acids is 1. The molecule has 2 N–H and O–H groups in total. The standard InChI is InChI=1S/C18H36N2O3/c1-6-9-19-10-7-15(13-21)16-8-11-20(12-14(16)2)17(22)23-18(3,4)5/h14-16,19,21H,6-13H2,1-5H3. The van der Waals surface area contributed by atoms with Gasteiger partial charge in [-0.3, -0.25) is 0 Å². The second kappa shape index (κ2) is 9.48. The Bertz CT molecular complexity index is 355. The van der Waals surface area contributed by atoms with E-state index in [1.54, 1.807) is 0 Å². The van der Waals surface area contributed by atoms with E-state index in [4.69, 9.17) is 4.74 Å². The zero-order chi connectivity index (χ0) is 17.5. The lowest BCUT2D eigenvalue weighted by Crippen LogP contribution is -2.47. The molecule has 1 saturated heterocycles. The van der Waals surface area contributed by atoms with Crippen molar-refractivity contribution in [1.82, 2.24) is 10.2 Å². The van der Waals surface area contributed by atoms with E-state index in [0.717, 1.165) is 45.4 Å². The van der Waals surface area contributed by atoms with Gasteiger partial charge >= 0.3 is 6.09 Å². The van der Waals surface area contributed by atoms with E-state index >= 15 is 0 Å². The zero-order valence-corrected chi connectivity index (χ0v) is 15.6. The van der Waals surface area contributed by atoms with Crippen molar-refractivity contribution in [1.29, 1.82) is 0 Å². The van der Waals surface area contributed by atoms with Crippen LogP contribution in [0.2, 0.25) is 0 Å². The first-order chi connectivity index (χ1) is 10.8. The molecule has 0 spiro atoms. The Balaban J connectivity index is 2.48. The van der Waals surface area contributed by atoms with E-state index in [9.17, 15) is 9.90 Å². The molecule has 1 aliphatic heterocycles. The topological polar surface area (TPSA) is 61.8 Å². The number of amides is 1. The molecule has 1 amide bonds. The molecule has 5 nitrogen and oxygen atoms in total. The first-order valence-corrected chi connectivity index (χ1v) is 9.08. The number of ether oxygens (including phenoxy) is 1. The summed E-state index contributed by atoms with van der Waals surface area (Å²) in [6, 6.07) is 0. The lowest BCUT2D eigenvalue weighted by atomic mass is 9.76. The molecule has 0 saturated carbocycles. The minimum Gasteiger partial charge on any atom is -0.444 e. The highest BCUT2D eigenvalue weighted by Gasteiger charge is 2.34. The third kappa shape index (κ3) is 7.08. The van der Waals surface area contributed by atoms with E-state index < -0.39 is 5.60 Å². The van der Waals surface area contributed by atoms with Gasteiger partial charge in [-0.05, 0) is 70.9 Å². The maximum atomic E-state index is 12.2. The fourth-order valence-corrected chi connectivity index (χ4v) is 3.39. The highest BCUT2D eigenvalue weighted by atomic mass is 16.6. The van der Waals surface area contributed by atoms with E-state index in [-0.39, 0.29) is 12.7 Å². The van der Waals surface area contributed by atoms with Gasteiger partial charge in [-0.1, -0.05) is 13.8 Å². The summed E-state index contributed by atoms with van der Waals surface area (Å²) in [7, 11) is 0. The van der Waals surface area contributed by atoms with Gasteiger partial charge in [-0.15, -0.1) is 0 Å². The van der Waals surface area contributed by atoms with E-state index in [2.05, 4.69) is 19.2 Å². The molecule has 0 aromatic carbocycles. The maximum Gasteiger partial charge on any atom is 0.410 e. The summed E-state index contributed by atoms with van der Waals surface area (Å²) >= 11 is 0. The first kappa shape index (κ1) is 20.2. The Morgan fingerprint density at radius 1 is 1.39 bits per heavy atom. The van der Waals surface area contributed by atoms with Crippen molar-refractivity contribution < 1.29 is 14.6 Å². The van der Waals surface area contributed by atoms with Crippen LogP contribution in [0.4, 0.5) is 4.79 Å². The molecule has 1 fully saturated rings. The number of carbonyl (C=O) groups is 1. The number of hydrogen-bond acceptors (Lipinski definition) is 4. The van der Waals surface area contributed by atoms with Crippen LogP contribution >= 0.6 is 0 Å². The van der Waals surface area contributed by atoms with Gasteiger partial charge in [0.05, 0.1) is 0 Å². The predicted octanol–water partition coefficient (Wildman–Crippen LogP) is 2.88. The number of piperidine rings is 1. The Morgan fingerprint density at radius 3 is 2.61 bits per heavy atom. The highest BCUT2D eigenvalue weighted by molar-refractivity contribution is 5.68. The minimum absolute atomic E-state index is 0.215. The second-order valence-electron chi connectivity index (χ2n) is 7.84. The molecule has 0 aliphatic carbocycles. The molecular formula is C18H36N2O3. The summed E-state index contributed by atoms with van der Waals surface area (Å²) in [5.41, 5.74) is -0.449. The van der Waals surface area contributed by atoms with Crippen LogP contribution in [0.25, 0.3) is 0 Å². The fourth-order valence-electron chi connectivity index (χ4n) is 3.39. The monoisotopic (exact) mass is 328 g/mol. The smallest absolute Gasteiger partial charge is 0.410 e. The zero-order valence-electron chi connectivity index (χ0n) is 15.6. The van der Waals surface area contributed by atoms with Crippen LogP contribution in [0, 0.1) is 17.8 Å². The number of nitrogens with one attached hydrogen (secondary N) is 1. The summed E-state index contributed by atoms with van der Waals surface area (Å²) in [5.74, 6) is 1.18. The van der Waals surface area contributed by atoms with Gasteiger partial charge in [0.1, 0.15) is 5.60 Å². The molecular weight excluding hydrogens is 292 g/mol. The third-order valence-corrected chi connectivity index (χ3v) is 4.58. The molecule has 0 bridgehead atoms. The Morgan fingerprint density at radius 2 is 2.09 bits per heavy atom. The van der Waals surface area contributed by atoms with Crippen molar-refractivity contribution in [3.63, 3.8) is 0 Å². The summed E-state index contributed by atoms with van der Waals surface area (Å²) in [6.07, 6.45) is 2.86. The van der Waals surface area contributed by atoms with Crippen molar-refractivity contribution in [3.8, 4) is 0 Å². The summed E-state index contributed by atoms with van der Waals surface area (Å²) in [6.45, 7) is 13.7. The van der Waals surface area contributed by atoms with E-state index in [1.165, 1.54) is 0 Å². The molecule has 3 unspecified atom stereocenters. The summed E-state index contributed by atoms with van der Waals surface area (Å²) < 4.78 is 5.47. The van der Waals surface area contributed by atoms with Gasteiger partial charge < -0.3 is 20.1 Å². The van der Waals surface area contributed by atoms with Gasteiger partial charge in [0.2, 0.25) is 0 Å². The minimum atomic E-state index is -0.449. The number of aliphatic hydroxyl groups is 1. The third-order valence-electron chi connectivity index (χ3n) is 4.58. The van der Waals surface area contributed by atoms with Gasteiger partial charge in [-0.25, -0.2) is 4.79 Å². The summed E-state index contributed by atoms with van der Waals surface area (Å²) in [5, 5.41) is 13.2. The predicted molar refractivity (Wildman–Crippen MR) is 93.4 cm³/mol. The van der Waals surface area contributed by atoms with Crippen molar-refractivity contribution in [3.05, 3.63) is 0 Å². The summed E-state index contributed by atoms with van der Waals surface area (Å²) in [4.78, 5) is 14.0. The van der Waals surface area contributed by atoms with Crippen LogP contribution in [-0.2, 0) is 4.74 Å². The van der Waals surface area contributed by atoms with Crippen LogP contribution in [0.5, 0.6) is 0 Å². The maximum absolute atomic E-state index is 12.2. The van der Waals surface area contributed by atoms with Crippen LogP contribution in [0.15, 0.2) is 0 Å². The fraction of sp³-hybridized carbons (Fsp3) is 0.944.